The topological polar surface area (TPSA) is 120 Å². The van der Waals surface area contributed by atoms with E-state index in [0.717, 1.165) is 0 Å². The first-order valence-electron chi connectivity index (χ1n) is 6.45. The van der Waals surface area contributed by atoms with Gasteiger partial charge in [0.05, 0.1) is 0 Å². The molecule has 6 nitrogen and oxygen atoms in total. The molecule has 0 aliphatic heterocycles. The van der Waals surface area contributed by atoms with Gasteiger partial charge in [0.1, 0.15) is 0 Å². The van der Waals surface area contributed by atoms with Crippen LogP contribution < -0.4 is 33.2 Å². The molecular weight excluding hydrogens is 284 g/mol. The van der Waals surface area contributed by atoms with E-state index in [1.165, 1.54) is 24.3 Å². The normalized spacial score (nSPS) is 11.8. The number of benzene rings is 4. The summed E-state index contributed by atoms with van der Waals surface area (Å²) in [6, 6.07) is 5.41. The summed E-state index contributed by atoms with van der Waals surface area (Å²) < 4.78 is 0. The lowest BCUT2D eigenvalue weighted by atomic mass is 9.86. The van der Waals surface area contributed by atoms with Gasteiger partial charge in [0.25, 0.3) is 0 Å². The Morgan fingerprint density at radius 3 is 0.955 bits per heavy atom. The molecule has 0 spiro atoms. The molecule has 0 amide bonds. The van der Waals surface area contributed by atoms with E-state index < -0.39 is 21.7 Å². The molecule has 2 aromatic rings. The summed E-state index contributed by atoms with van der Waals surface area (Å²) in [5, 5.41) is 0.220. The Hall–Kier alpha value is -3.28. The van der Waals surface area contributed by atoms with Crippen LogP contribution >= 0.6 is 0 Å². The van der Waals surface area contributed by atoms with E-state index in [2.05, 4.69) is 0 Å². The molecular formula is C16H8N2O4. The van der Waals surface area contributed by atoms with Gasteiger partial charge in [-0.15, -0.1) is 0 Å². The predicted molar refractivity (Wildman–Crippen MR) is 85.5 cm³/mol. The SMILES string of the molecule is Nc1cc2c3c(c1)c(=O)c(=O)c1cc(N)cc(c1-3)c(=O)c2=O. The van der Waals surface area contributed by atoms with Crippen LogP contribution in [0.4, 0.5) is 11.4 Å². The number of nitrogens with two attached hydrogens (primary N) is 2. The smallest absolute Gasteiger partial charge is 0.234 e. The third-order valence-electron chi connectivity index (χ3n) is 3.96. The van der Waals surface area contributed by atoms with Gasteiger partial charge in [-0.05, 0) is 24.3 Å². The molecule has 0 unspecified atom stereocenters. The maximum atomic E-state index is 12.3. The van der Waals surface area contributed by atoms with Gasteiger partial charge in [0.2, 0.25) is 21.7 Å². The van der Waals surface area contributed by atoms with Crippen molar-refractivity contribution in [1.82, 2.24) is 0 Å². The molecule has 106 valence electrons. The first-order valence-corrected chi connectivity index (χ1v) is 6.45. The standard InChI is InChI=1S/C16H8N2O4/c17-5-1-7-11-8(2-5)15(21)16(22)10-4-6(18)3-9(12(10)11)14(20)13(7)19/h1-4H,17-18H2. The summed E-state index contributed by atoms with van der Waals surface area (Å²) in [6.07, 6.45) is 0. The van der Waals surface area contributed by atoms with Crippen molar-refractivity contribution in [3.63, 3.8) is 0 Å². The van der Waals surface area contributed by atoms with Crippen molar-refractivity contribution in [2.45, 2.75) is 0 Å². The average Bonchev–Trinajstić information content (AvgIpc) is 2.48. The molecule has 0 aromatic heterocycles. The number of hydrogen-bond donors (Lipinski definition) is 2. The third-order valence-corrected chi connectivity index (χ3v) is 3.96. The van der Waals surface area contributed by atoms with Crippen LogP contribution in [0.15, 0.2) is 43.4 Å². The zero-order chi connectivity index (χ0) is 15.8. The highest BCUT2D eigenvalue weighted by Gasteiger charge is 2.25. The van der Waals surface area contributed by atoms with Crippen molar-refractivity contribution >= 4 is 32.9 Å². The molecule has 0 saturated heterocycles. The minimum atomic E-state index is -0.755. The van der Waals surface area contributed by atoms with E-state index in [1.807, 2.05) is 0 Å². The lowest BCUT2D eigenvalue weighted by Gasteiger charge is -2.15. The zero-order valence-corrected chi connectivity index (χ0v) is 11.1. The van der Waals surface area contributed by atoms with Crippen molar-refractivity contribution in [3.8, 4) is 11.1 Å². The quantitative estimate of drug-likeness (QED) is 0.268. The Labute approximate surface area is 121 Å². The molecule has 0 saturated carbocycles. The second kappa shape index (κ2) is 3.67. The van der Waals surface area contributed by atoms with Crippen LogP contribution in [0.5, 0.6) is 0 Å². The predicted octanol–water partition coefficient (Wildman–Crippen LogP) is 0.0164. The van der Waals surface area contributed by atoms with Crippen LogP contribution in [0, 0.1) is 0 Å². The molecule has 4 N–H and O–H groups in total. The van der Waals surface area contributed by atoms with Crippen molar-refractivity contribution in [3.05, 3.63) is 65.2 Å². The molecule has 22 heavy (non-hydrogen) atoms. The van der Waals surface area contributed by atoms with Gasteiger partial charge in [-0.1, -0.05) is 0 Å². The minimum Gasteiger partial charge on any atom is -0.399 e. The fraction of sp³-hybridized carbons (Fsp3) is 0. The number of nitrogen functional groups attached to an aromatic ring is 2. The summed E-state index contributed by atoms with van der Waals surface area (Å²) >= 11 is 0. The summed E-state index contributed by atoms with van der Waals surface area (Å²) in [4.78, 5) is 49.1. The zero-order valence-electron chi connectivity index (χ0n) is 11.1. The average molecular weight is 292 g/mol. The van der Waals surface area contributed by atoms with Gasteiger partial charge in [-0.3, -0.25) is 19.2 Å². The second-order valence-electron chi connectivity index (χ2n) is 5.30. The van der Waals surface area contributed by atoms with Crippen molar-refractivity contribution < 1.29 is 0 Å². The van der Waals surface area contributed by atoms with E-state index in [4.69, 9.17) is 11.5 Å². The molecule has 6 heteroatoms. The van der Waals surface area contributed by atoms with Crippen LogP contribution in [0.2, 0.25) is 0 Å². The summed E-state index contributed by atoms with van der Waals surface area (Å²) in [5.41, 5.74) is 9.26. The molecule has 0 atom stereocenters. The minimum absolute atomic E-state index is 0.0550. The highest BCUT2D eigenvalue weighted by molar-refractivity contribution is 6.13. The van der Waals surface area contributed by atoms with Crippen LogP contribution in [-0.2, 0) is 0 Å². The van der Waals surface area contributed by atoms with Gasteiger partial charge in [0.15, 0.2) is 0 Å². The molecule has 2 aliphatic rings. The largest absolute Gasteiger partial charge is 0.399 e. The highest BCUT2D eigenvalue weighted by atomic mass is 16.2. The van der Waals surface area contributed by atoms with Crippen LogP contribution in [0.3, 0.4) is 0 Å². The number of hydrogen-bond acceptors (Lipinski definition) is 6. The summed E-state index contributed by atoms with van der Waals surface area (Å²) in [5.74, 6) is 0. The number of rotatable bonds is 0. The number of anilines is 2. The van der Waals surface area contributed by atoms with Gasteiger partial charge < -0.3 is 11.5 Å². The summed E-state index contributed by atoms with van der Waals surface area (Å²) in [6.45, 7) is 0. The van der Waals surface area contributed by atoms with E-state index in [-0.39, 0.29) is 32.9 Å². The van der Waals surface area contributed by atoms with E-state index in [1.54, 1.807) is 0 Å². The van der Waals surface area contributed by atoms with E-state index >= 15 is 0 Å². The van der Waals surface area contributed by atoms with Crippen LogP contribution in [-0.4, -0.2) is 0 Å². The Morgan fingerprint density at radius 2 is 0.727 bits per heavy atom. The van der Waals surface area contributed by atoms with Crippen LogP contribution in [0.1, 0.15) is 0 Å². The van der Waals surface area contributed by atoms with Gasteiger partial charge in [0, 0.05) is 44.0 Å². The molecule has 2 aliphatic carbocycles. The maximum Gasteiger partial charge on any atom is 0.234 e. The Bertz CT molecular complexity index is 1070. The van der Waals surface area contributed by atoms with Gasteiger partial charge in [-0.25, -0.2) is 0 Å². The lowest BCUT2D eigenvalue weighted by Crippen LogP contribution is -2.31. The Morgan fingerprint density at radius 1 is 0.500 bits per heavy atom. The fourth-order valence-electron chi connectivity index (χ4n) is 3.07. The van der Waals surface area contributed by atoms with Crippen LogP contribution in [0.25, 0.3) is 32.7 Å². The van der Waals surface area contributed by atoms with Gasteiger partial charge in [-0.2, -0.15) is 0 Å². The fourth-order valence-corrected chi connectivity index (χ4v) is 3.07. The lowest BCUT2D eigenvalue weighted by molar-refractivity contribution is 1.50. The summed E-state index contributed by atoms with van der Waals surface area (Å²) in [7, 11) is 0. The molecule has 4 rings (SSSR count). The highest BCUT2D eigenvalue weighted by Crippen LogP contribution is 2.36. The first-order chi connectivity index (χ1) is 10.4. The Kier molecular flexibility index (Phi) is 2.08. The van der Waals surface area contributed by atoms with Gasteiger partial charge >= 0.3 is 0 Å². The van der Waals surface area contributed by atoms with Crippen molar-refractivity contribution in [2.24, 2.45) is 0 Å². The first kappa shape index (κ1) is 12.5. The third kappa shape index (κ3) is 1.28. The molecule has 0 fully saturated rings. The maximum absolute atomic E-state index is 12.3. The van der Waals surface area contributed by atoms with Crippen molar-refractivity contribution in [1.29, 1.82) is 0 Å². The molecule has 0 heterocycles. The monoisotopic (exact) mass is 292 g/mol. The molecule has 2 aromatic carbocycles. The van der Waals surface area contributed by atoms with E-state index in [9.17, 15) is 19.2 Å². The molecule has 0 radical (unpaired) electrons. The second-order valence-corrected chi connectivity index (χ2v) is 5.30. The van der Waals surface area contributed by atoms with Crippen molar-refractivity contribution in [2.75, 3.05) is 11.5 Å². The molecule has 0 bridgehead atoms. The Balaban J connectivity index is 2.61. The van der Waals surface area contributed by atoms with E-state index in [0.29, 0.717) is 11.1 Å².